The van der Waals surface area contributed by atoms with Gasteiger partial charge < -0.3 is 19.8 Å². The third-order valence-electron chi connectivity index (χ3n) is 3.68. The minimum atomic E-state index is -3.12. The molecule has 1 aromatic carbocycles. The van der Waals surface area contributed by atoms with Crippen LogP contribution < -0.4 is 0 Å². The van der Waals surface area contributed by atoms with E-state index in [0.717, 1.165) is 6.07 Å². The number of phenols is 2. The molecule has 0 aliphatic carbocycles. The molecule has 1 saturated heterocycles. The molecule has 0 saturated carbocycles. The van der Waals surface area contributed by atoms with Gasteiger partial charge in [-0.05, 0) is 18.6 Å². The third kappa shape index (κ3) is 4.13. The van der Waals surface area contributed by atoms with Crippen molar-refractivity contribution in [1.29, 1.82) is 0 Å². The normalized spacial score (nSPS) is 19.3. The predicted octanol–water partition coefficient (Wildman–Crippen LogP) is -0.0999. The number of hydrogen-bond donors (Lipinski definition) is 2. The number of likely N-dealkylation sites (N-methyl/N-ethyl adjacent to an activating group) is 1. The number of phenolic OH excluding ortho intramolecular Hbond substituents is 2. The molecule has 2 rings (SSSR count). The molecule has 9 heteroatoms. The number of aromatic hydroxyl groups is 2. The van der Waals surface area contributed by atoms with Crippen LogP contribution >= 0.6 is 0 Å². The predicted molar refractivity (Wildman–Crippen MR) is 79.9 cm³/mol. The van der Waals surface area contributed by atoms with Crippen LogP contribution in [0.1, 0.15) is 16.8 Å². The lowest BCUT2D eigenvalue weighted by molar-refractivity contribution is -0.134. The van der Waals surface area contributed by atoms with Gasteiger partial charge in [-0.1, -0.05) is 0 Å². The van der Waals surface area contributed by atoms with E-state index in [-0.39, 0.29) is 22.8 Å². The van der Waals surface area contributed by atoms with Gasteiger partial charge in [-0.25, -0.2) is 13.2 Å². The van der Waals surface area contributed by atoms with Crippen LogP contribution in [-0.2, 0) is 19.4 Å². The lowest BCUT2D eigenvalue weighted by Crippen LogP contribution is -2.40. The summed E-state index contributed by atoms with van der Waals surface area (Å²) < 4.78 is 27.6. The van der Waals surface area contributed by atoms with Crippen LogP contribution in [0.3, 0.4) is 0 Å². The highest BCUT2D eigenvalue weighted by atomic mass is 32.2. The van der Waals surface area contributed by atoms with Crippen molar-refractivity contribution in [2.24, 2.45) is 0 Å². The maximum atomic E-state index is 12.0. The molecule has 1 atom stereocenters. The summed E-state index contributed by atoms with van der Waals surface area (Å²) in [6, 6.07) is 2.93. The van der Waals surface area contributed by atoms with Gasteiger partial charge in [0, 0.05) is 19.2 Å². The second-order valence-electron chi connectivity index (χ2n) is 5.34. The molecule has 0 aromatic heterocycles. The maximum absolute atomic E-state index is 12.0. The van der Waals surface area contributed by atoms with Crippen LogP contribution in [0, 0.1) is 0 Å². The van der Waals surface area contributed by atoms with Crippen molar-refractivity contribution >= 4 is 21.7 Å². The molecular formula is C14H17NO7S. The van der Waals surface area contributed by atoms with E-state index in [9.17, 15) is 23.1 Å². The highest BCUT2D eigenvalue weighted by molar-refractivity contribution is 7.91. The summed E-state index contributed by atoms with van der Waals surface area (Å²) in [5, 5.41) is 18.7. The maximum Gasteiger partial charge on any atom is 0.342 e. The van der Waals surface area contributed by atoms with E-state index in [2.05, 4.69) is 0 Å². The van der Waals surface area contributed by atoms with Crippen molar-refractivity contribution in [3.05, 3.63) is 23.8 Å². The van der Waals surface area contributed by atoms with Gasteiger partial charge in [0.05, 0.1) is 11.5 Å². The summed E-state index contributed by atoms with van der Waals surface area (Å²) in [4.78, 5) is 25.0. The molecule has 23 heavy (non-hydrogen) atoms. The number of carbonyl (C=O) groups is 2. The van der Waals surface area contributed by atoms with Crippen LogP contribution in [-0.4, -0.2) is 66.6 Å². The van der Waals surface area contributed by atoms with E-state index < -0.39 is 40.1 Å². The lowest BCUT2D eigenvalue weighted by atomic mass is 10.2. The van der Waals surface area contributed by atoms with Crippen molar-refractivity contribution in [1.82, 2.24) is 4.90 Å². The fourth-order valence-corrected chi connectivity index (χ4v) is 4.06. The number of benzene rings is 1. The number of nitrogens with zero attached hydrogens (tertiary/aromatic N) is 1. The molecule has 1 aromatic rings. The first-order valence-corrected chi connectivity index (χ1v) is 8.67. The summed E-state index contributed by atoms with van der Waals surface area (Å²) in [5.74, 6) is -2.17. The van der Waals surface area contributed by atoms with E-state index >= 15 is 0 Å². The Kier molecular flexibility index (Phi) is 4.79. The number of amides is 1. The average molecular weight is 343 g/mol. The number of hydrogen-bond acceptors (Lipinski definition) is 7. The Morgan fingerprint density at radius 3 is 2.61 bits per heavy atom. The second-order valence-corrected chi connectivity index (χ2v) is 7.57. The number of carbonyl (C=O) groups excluding carboxylic acids is 2. The topological polar surface area (TPSA) is 121 Å². The number of rotatable bonds is 4. The van der Waals surface area contributed by atoms with Crippen molar-refractivity contribution in [2.75, 3.05) is 25.2 Å². The summed E-state index contributed by atoms with van der Waals surface area (Å²) in [6.45, 7) is -0.563. The van der Waals surface area contributed by atoms with Crippen molar-refractivity contribution < 1.29 is 33.0 Å². The van der Waals surface area contributed by atoms with Crippen LogP contribution in [0.2, 0.25) is 0 Å². The van der Waals surface area contributed by atoms with E-state index in [0.29, 0.717) is 6.42 Å². The smallest absolute Gasteiger partial charge is 0.342 e. The minimum Gasteiger partial charge on any atom is -0.508 e. The monoisotopic (exact) mass is 343 g/mol. The molecule has 1 amide bonds. The van der Waals surface area contributed by atoms with Gasteiger partial charge >= 0.3 is 5.97 Å². The molecule has 1 aliphatic rings. The minimum absolute atomic E-state index is 0.0382. The summed E-state index contributed by atoms with van der Waals surface area (Å²) in [7, 11) is -1.66. The van der Waals surface area contributed by atoms with Crippen LogP contribution in [0.4, 0.5) is 0 Å². The number of sulfone groups is 1. The number of ether oxygens (including phenoxy) is 1. The second kappa shape index (κ2) is 6.45. The first-order chi connectivity index (χ1) is 10.7. The Hall–Kier alpha value is -2.29. The van der Waals surface area contributed by atoms with Crippen molar-refractivity contribution in [3.63, 3.8) is 0 Å². The van der Waals surface area contributed by atoms with Gasteiger partial charge in [-0.15, -0.1) is 0 Å². The zero-order valence-corrected chi connectivity index (χ0v) is 13.2. The zero-order chi connectivity index (χ0) is 17.2. The average Bonchev–Trinajstić information content (AvgIpc) is 2.83. The molecule has 1 heterocycles. The van der Waals surface area contributed by atoms with Gasteiger partial charge in [0.15, 0.2) is 16.4 Å². The first-order valence-electron chi connectivity index (χ1n) is 6.85. The van der Waals surface area contributed by atoms with E-state index in [1.54, 1.807) is 0 Å². The van der Waals surface area contributed by atoms with Gasteiger partial charge in [0.25, 0.3) is 5.91 Å². The Labute approximate surface area is 133 Å². The summed E-state index contributed by atoms with van der Waals surface area (Å²) in [6.07, 6.45) is 0.358. The SMILES string of the molecule is CN(C(=O)COC(=O)c1ccc(O)cc1O)[C@@H]1CCS(=O)(=O)C1. The molecule has 8 nitrogen and oxygen atoms in total. The van der Waals surface area contributed by atoms with Crippen molar-refractivity contribution in [3.8, 4) is 11.5 Å². The van der Waals surface area contributed by atoms with Crippen LogP contribution in [0.25, 0.3) is 0 Å². The first kappa shape index (κ1) is 17.1. The third-order valence-corrected chi connectivity index (χ3v) is 5.43. The Morgan fingerprint density at radius 1 is 1.35 bits per heavy atom. The Morgan fingerprint density at radius 2 is 2.04 bits per heavy atom. The van der Waals surface area contributed by atoms with Gasteiger partial charge in [0.2, 0.25) is 0 Å². The van der Waals surface area contributed by atoms with Gasteiger partial charge in [0.1, 0.15) is 17.1 Å². The summed E-state index contributed by atoms with van der Waals surface area (Å²) in [5.41, 5.74) is -0.179. The highest BCUT2D eigenvalue weighted by Crippen LogP contribution is 2.23. The fraction of sp³-hybridized carbons (Fsp3) is 0.429. The molecule has 0 bridgehead atoms. The quantitative estimate of drug-likeness (QED) is 0.732. The van der Waals surface area contributed by atoms with E-state index in [4.69, 9.17) is 9.84 Å². The van der Waals surface area contributed by atoms with Crippen LogP contribution in [0.15, 0.2) is 18.2 Å². The Bertz CT molecular complexity index is 729. The molecule has 0 spiro atoms. The van der Waals surface area contributed by atoms with Crippen LogP contribution in [0.5, 0.6) is 11.5 Å². The molecular weight excluding hydrogens is 326 g/mol. The number of esters is 1. The van der Waals surface area contributed by atoms with Gasteiger partial charge in [-0.3, -0.25) is 4.79 Å². The molecule has 1 aliphatic heterocycles. The Balaban J connectivity index is 1.92. The largest absolute Gasteiger partial charge is 0.508 e. The zero-order valence-electron chi connectivity index (χ0n) is 12.4. The molecule has 126 valence electrons. The van der Waals surface area contributed by atoms with E-state index in [1.165, 1.54) is 24.1 Å². The molecule has 2 N–H and O–H groups in total. The lowest BCUT2D eigenvalue weighted by Gasteiger charge is -2.23. The molecule has 1 fully saturated rings. The fourth-order valence-electron chi connectivity index (χ4n) is 2.28. The summed E-state index contributed by atoms with van der Waals surface area (Å²) >= 11 is 0. The highest BCUT2D eigenvalue weighted by Gasteiger charge is 2.33. The van der Waals surface area contributed by atoms with Gasteiger partial charge in [-0.2, -0.15) is 0 Å². The molecule has 0 radical (unpaired) electrons. The van der Waals surface area contributed by atoms with E-state index in [1.807, 2.05) is 0 Å². The standard InChI is InChI=1S/C14H17NO7S/c1-15(9-4-5-23(20,21)8-9)13(18)7-22-14(19)11-3-2-10(16)6-12(11)17/h2-3,6,9,16-17H,4-5,7-8H2,1H3/t9-/m1/s1. The molecule has 0 unspecified atom stereocenters. The van der Waals surface area contributed by atoms with Crippen molar-refractivity contribution in [2.45, 2.75) is 12.5 Å².